The van der Waals surface area contributed by atoms with Crippen LogP contribution in [0.1, 0.15) is 12.8 Å². The van der Waals surface area contributed by atoms with Crippen LogP contribution in [0.4, 0.5) is 0 Å². The lowest BCUT2D eigenvalue weighted by Crippen LogP contribution is -2.40. The molecule has 5 nitrogen and oxygen atoms in total. The second-order valence-corrected chi connectivity index (χ2v) is 5.13. The molecule has 0 aromatic heterocycles. The van der Waals surface area contributed by atoms with Gasteiger partial charge in [0.15, 0.2) is 0 Å². The average molecular weight is 279 g/mol. The van der Waals surface area contributed by atoms with Crippen LogP contribution in [0.2, 0.25) is 0 Å². The van der Waals surface area contributed by atoms with E-state index in [4.69, 9.17) is 14.6 Å². The minimum absolute atomic E-state index is 0.121. The van der Waals surface area contributed by atoms with Crippen molar-refractivity contribution in [1.82, 2.24) is 4.90 Å². The van der Waals surface area contributed by atoms with Gasteiger partial charge in [-0.1, -0.05) is 6.07 Å². The van der Waals surface area contributed by atoms with E-state index in [1.807, 2.05) is 29.2 Å². The SMILES string of the molecule is COc1cccc(OC[C@@H]2CCCN(CC(=O)O)C2)c1. The van der Waals surface area contributed by atoms with E-state index in [2.05, 4.69) is 0 Å². The summed E-state index contributed by atoms with van der Waals surface area (Å²) in [5.41, 5.74) is 0. The fourth-order valence-electron chi connectivity index (χ4n) is 2.53. The molecule has 0 radical (unpaired) electrons. The molecule has 0 spiro atoms. The third-order valence-electron chi connectivity index (χ3n) is 3.49. The van der Waals surface area contributed by atoms with Gasteiger partial charge in [0.25, 0.3) is 0 Å². The first-order valence-electron chi connectivity index (χ1n) is 6.88. The Bertz CT molecular complexity index is 449. The maximum atomic E-state index is 10.7. The van der Waals surface area contributed by atoms with Crippen LogP contribution in [0.5, 0.6) is 11.5 Å². The molecule has 0 amide bonds. The molecule has 0 unspecified atom stereocenters. The second kappa shape index (κ2) is 7.14. The highest BCUT2D eigenvalue weighted by atomic mass is 16.5. The van der Waals surface area contributed by atoms with Crippen LogP contribution >= 0.6 is 0 Å². The molecule has 20 heavy (non-hydrogen) atoms. The van der Waals surface area contributed by atoms with Gasteiger partial charge in [-0.3, -0.25) is 9.69 Å². The Morgan fingerprint density at radius 1 is 1.45 bits per heavy atom. The Morgan fingerprint density at radius 3 is 3.00 bits per heavy atom. The topological polar surface area (TPSA) is 59.0 Å². The van der Waals surface area contributed by atoms with E-state index in [0.717, 1.165) is 37.4 Å². The van der Waals surface area contributed by atoms with Crippen LogP contribution in [-0.2, 0) is 4.79 Å². The minimum Gasteiger partial charge on any atom is -0.497 e. The van der Waals surface area contributed by atoms with Gasteiger partial charge >= 0.3 is 5.97 Å². The zero-order chi connectivity index (χ0) is 14.4. The van der Waals surface area contributed by atoms with Gasteiger partial charge in [-0.05, 0) is 31.5 Å². The Hall–Kier alpha value is -1.75. The number of methoxy groups -OCH3 is 1. The van der Waals surface area contributed by atoms with Gasteiger partial charge < -0.3 is 14.6 Å². The van der Waals surface area contributed by atoms with Crippen LogP contribution in [0.3, 0.4) is 0 Å². The molecule has 1 aliphatic rings. The Morgan fingerprint density at radius 2 is 2.25 bits per heavy atom. The standard InChI is InChI=1S/C15H21NO4/c1-19-13-5-2-6-14(8-13)20-11-12-4-3-7-16(9-12)10-15(17)18/h2,5-6,8,12H,3-4,7,9-11H2,1H3,(H,17,18)/t12-/m1/s1. The molecule has 1 aromatic carbocycles. The number of carboxylic acid groups (broad SMARTS) is 1. The Labute approximate surface area is 119 Å². The van der Waals surface area contributed by atoms with Crippen LogP contribution in [-0.4, -0.2) is 49.3 Å². The largest absolute Gasteiger partial charge is 0.497 e. The van der Waals surface area contributed by atoms with E-state index in [9.17, 15) is 4.79 Å². The normalized spacial score (nSPS) is 19.6. The highest BCUT2D eigenvalue weighted by Gasteiger charge is 2.21. The molecule has 1 saturated heterocycles. The molecule has 1 aromatic rings. The predicted octanol–water partition coefficient (Wildman–Crippen LogP) is 1.87. The second-order valence-electron chi connectivity index (χ2n) is 5.13. The molecule has 1 atom stereocenters. The summed E-state index contributed by atoms with van der Waals surface area (Å²) in [6.45, 7) is 2.39. The molecule has 0 saturated carbocycles. The van der Waals surface area contributed by atoms with E-state index in [1.165, 1.54) is 0 Å². The van der Waals surface area contributed by atoms with Gasteiger partial charge in [0.05, 0.1) is 20.3 Å². The van der Waals surface area contributed by atoms with Crippen molar-refractivity contribution in [2.45, 2.75) is 12.8 Å². The summed E-state index contributed by atoms with van der Waals surface area (Å²) in [6.07, 6.45) is 2.11. The molecule has 1 N–H and O–H groups in total. The molecule has 0 bridgehead atoms. The van der Waals surface area contributed by atoms with Gasteiger partial charge in [-0.15, -0.1) is 0 Å². The number of carboxylic acids is 1. The Balaban J connectivity index is 1.82. The van der Waals surface area contributed by atoms with Crippen LogP contribution in [0.15, 0.2) is 24.3 Å². The number of aliphatic carboxylic acids is 1. The van der Waals surface area contributed by atoms with E-state index >= 15 is 0 Å². The Kier molecular flexibility index (Phi) is 5.24. The summed E-state index contributed by atoms with van der Waals surface area (Å²) < 4.78 is 10.9. The molecule has 110 valence electrons. The molecule has 1 heterocycles. The van der Waals surface area contributed by atoms with Crippen molar-refractivity contribution in [2.24, 2.45) is 5.92 Å². The number of ether oxygens (including phenoxy) is 2. The summed E-state index contributed by atoms with van der Waals surface area (Å²) in [5, 5.41) is 8.83. The van der Waals surface area contributed by atoms with Gasteiger partial charge in [0.2, 0.25) is 0 Å². The van der Waals surface area contributed by atoms with Crippen molar-refractivity contribution >= 4 is 5.97 Å². The van der Waals surface area contributed by atoms with Crippen molar-refractivity contribution in [3.63, 3.8) is 0 Å². The fraction of sp³-hybridized carbons (Fsp3) is 0.533. The molecular formula is C15H21NO4. The van der Waals surface area contributed by atoms with Crippen molar-refractivity contribution in [3.05, 3.63) is 24.3 Å². The number of nitrogens with zero attached hydrogens (tertiary/aromatic N) is 1. The van der Waals surface area contributed by atoms with Gasteiger partial charge in [-0.2, -0.15) is 0 Å². The van der Waals surface area contributed by atoms with Crippen molar-refractivity contribution in [1.29, 1.82) is 0 Å². The van der Waals surface area contributed by atoms with E-state index in [0.29, 0.717) is 12.5 Å². The number of hydrogen-bond acceptors (Lipinski definition) is 4. The quantitative estimate of drug-likeness (QED) is 0.861. The highest BCUT2D eigenvalue weighted by Crippen LogP contribution is 2.21. The third kappa shape index (κ3) is 4.42. The number of likely N-dealkylation sites (tertiary alicyclic amines) is 1. The van der Waals surface area contributed by atoms with Crippen LogP contribution in [0.25, 0.3) is 0 Å². The van der Waals surface area contributed by atoms with Crippen molar-refractivity contribution in [2.75, 3.05) is 33.4 Å². The van der Waals surface area contributed by atoms with E-state index in [1.54, 1.807) is 7.11 Å². The highest BCUT2D eigenvalue weighted by molar-refractivity contribution is 5.69. The maximum Gasteiger partial charge on any atom is 0.317 e. The first kappa shape index (κ1) is 14.7. The summed E-state index contributed by atoms with van der Waals surface area (Å²) in [6, 6.07) is 7.53. The zero-order valence-corrected chi connectivity index (χ0v) is 11.7. The lowest BCUT2D eigenvalue weighted by atomic mass is 9.99. The third-order valence-corrected chi connectivity index (χ3v) is 3.49. The molecular weight excluding hydrogens is 258 g/mol. The monoisotopic (exact) mass is 279 g/mol. The van der Waals surface area contributed by atoms with E-state index in [-0.39, 0.29) is 6.54 Å². The molecule has 2 rings (SSSR count). The number of carbonyl (C=O) groups is 1. The average Bonchev–Trinajstić information content (AvgIpc) is 2.45. The summed E-state index contributed by atoms with van der Waals surface area (Å²) in [5.74, 6) is 1.19. The summed E-state index contributed by atoms with van der Waals surface area (Å²) in [4.78, 5) is 12.7. The number of piperidine rings is 1. The smallest absolute Gasteiger partial charge is 0.317 e. The minimum atomic E-state index is -0.764. The maximum absolute atomic E-state index is 10.7. The number of rotatable bonds is 6. The molecule has 0 aliphatic carbocycles. The zero-order valence-electron chi connectivity index (χ0n) is 11.7. The molecule has 5 heteroatoms. The van der Waals surface area contributed by atoms with Crippen molar-refractivity contribution < 1.29 is 19.4 Å². The molecule has 1 fully saturated rings. The van der Waals surface area contributed by atoms with E-state index < -0.39 is 5.97 Å². The first-order valence-corrected chi connectivity index (χ1v) is 6.88. The van der Waals surface area contributed by atoms with Gasteiger partial charge in [0.1, 0.15) is 11.5 Å². The van der Waals surface area contributed by atoms with Gasteiger partial charge in [-0.25, -0.2) is 0 Å². The van der Waals surface area contributed by atoms with Crippen molar-refractivity contribution in [3.8, 4) is 11.5 Å². The summed E-state index contributed by atoms with van der Waals surface area (Å²) >= 11 is 0. The van der Waals surface area contributed by atoms with Crippen LogP contribution < -0.4 is 9.47 Å². The molecule has 1 aliphatic heterocycles. The number of benzene rings is 1. The predicted molar refractivity (Wildman–Crippen MR) is 75.3 cm³/mol. The lowest BCUT2D eigenvalue weighted by molar-refractivity contribution is -0.138. The first-order chi connectivity index (χ1) is 9.67. The van der Waals surface area contributed by atoms with Crippen LogP contribution in [0, 0.1) is 5.92 Å². The fourth-order valence-corrected chi connectivity index (χ4v) is 2.53. The lowest BCUT2D eigenvalue weighted by Gasteiger charge is -2.31. The number of hydrogen-bond donors (Lipinski definition) is 1. The summed E-state index contributed by atoms with van der Waals surface area (Å²) in [7, 11) is 1.63. The van der Waals surface area contributed by atoms with Gasteiger partial charge in [0, 0.05) is 18.5 Å².